The predicted molar refractivity (Wildman–Crippen MR) is 80.8 cm³/mol. The van der Waals surface area contributed by atoms with Gasteiger partial charge in [-0.2, -0.15) is 0 Å². The average Bonchev–Trinajstić information content (AvgIpc) is 2.73. The second kappa shape index (κ2) is 4.87. The molecule has 0 bridgehead atoms. The number of imidazole rings is 1. The Balaban J connectivity index is 0.00000108. The molecule has 0 aliphatic heterocycles. The number of nitrogens with zero attached hydrogens (tertiary/aromatic N) is 2. The predicted octanol–water partition coefficient (Wildman–Crippen LogP) is 3.93. The van der Waals surface area contributed by atoms with Crippen LogP contribution in [0.2, 0.25) is 0 Å². The van der Waals surface area contributed by atoms with E-state index in [9.17, 15) is 0 Å². The summed E-state index contributed by atoms with van der Waals surface area (Å²) < 4.78 is 2.05. The summed E-state index contributed by atoms with van der Waals surface area (Å²) in [6, 6.07) is 14.4. The van der Waals surface area contributed by atoms with Gasteiger partial charge < -0.3 is 4.40 Å². The van der Waals surface area contributed by atoms with E-state index in [-0.39, 0.29) is 24.0 Å². The van der Waals surface area contributed by atoms with Crippen molar-refractivity contribution in [2.45, 2.75) is 6.92 Å². The molecule has 1 aromatic carbocycles. The molecule has 0 radical (unpaired) electrons. The van der Waals surface area contributed by atoms with Crippen LogP contribution in [0.15, 0.2) is 54.9 Å². The quantitative estimate of drug-likeness (QED) is 0.616. The number of aryl methyl sites for hydroxylation is 1. The van der Waals surface area contributed by atoms with Gasteiger partial charge in [0.1, 0.15) is 5.65 Å². The van der Waals surface area contributed by atoms with Crippen LogP contribution in [-0.4, -0.2) is 9.38 Å². The zero-order chi connectivity index (χ0) is 11.0. The molecule has 3 heteroatoms. The van der Waals surface area contributed by atoms with E-state index in [0.29, 0.717) is 0 Å². The third kappa shape index (κ3) is 2.34. The zero-order valence-electron chi connectivity index (χ0n) is 9.50. The first-order chi connectivity index (χ1) is 7.83. The van der Waals surface area contributed by atoms with Crippen molar-refractivity contribution in [3.05, 3.63) is 60.4 Å². The summed E-state index contributed by atoms with van der Waals surface area (Å²) in [6.45, 7) is 2.08. The Hall–Kier alpha value is -1.36. The maximum absolute atomic E-state index is 4.61. The molecule has 2 heterocycles. The molecule has 0 spiro atoms. The summed E-state index contributed by atoms with van der Waals surface area (Å²) in [7, 11) is 0. The van der Waals surface area contributed by atoms with Crippen molar-refractivity contribution in [3.63, 3.8) is 0 Å². The van der Waals surface area contributed by atoms with Crippen LogP contribution in [-0.2, 0) is 0 Å². The molecule has 0 saturated carbocycles. The lowest BCUT2D eigenvalue weighted by Gasteiger charge is -1.92. The highest BCUT2D eigenvalue weighted by molar-refractivity contribution is 14.0. The normalized spacial score (nSPS) is 10.2. The first-order valence-electron chi connectivity index (χ1n) is 5.34. The highest BCUT2D eigenvalue weighted by Gasteiger charge is 2.02. The molecule has 0 aliphatic carbocycles. The van der Waals surface area contributed by atoms with E-state index in [1.165, 1.54) is 5.56 Å². The Labute approximate surface area is 117 Å². The number of hydrogen-bond acceptors (Lipinski definition) is 1. The monoisotopic (exact) mass is 336 g/mol. The van der Waals surface area contributed by atoms with E-state index in [1.807, 2.05) is 24.4 Å². The molecule has 2 aromatic heterocycles. The fourth-order valence-corrected chi connectivity index (χ4v) is 1.83. The lowest BCUT2D eigenvalue weighted by molar-refractivity contribution is 1.17. The molecule has 2 nitrogen and oxygen atoms in total. The summed E-state index contributed by atoms with van der Waals surface area (Å²) in [5, 5.41) is 0. The van der Waals surface area contributed by atoms with Crippen molar-refractivity contribution in [1.82, 2.24) is 9.38 Å². The number of fused-ring (bicyclic) bond motifs is 1. The van der Waals surface area contributed by atoms with Crippen molar-refractivity contribution < 1.29 is 0 Å². The van der Waals surface area contributed by atoms with E-state index in [0.717, 1.165) is 16.9 Å². The molecule has 3 aromatic rings. The van der Waals surface area contributed by atoms with Crippen LogP contribution in [0.3, 0.4) is 0 Å². The molecule has 86 valence electrons. The van der Waals surface area contributed by atoms with E-state index < -0.39 is 0 Å². The van der Waals surface area contributed by atoms with Gasteiger partial charge in [0.25, 0.3) is 0 Å². The van der Waals surface area contributed by atoms with Crippen LogP contribution in [0, 0.1) is 6.92 Å². The Kier molecular flexibility index (Phi) is 3.47. The van der Waals surface area contributed by atoms with Crippen molar-refractivity contribution >= 4 is 29.6 Å². The molecule has 17 heavy (non-hydrogen) atoms. The first kappa shape index (κ1) is 12.1. The fraction of sp³-hybridized carbons (Fsp3) is 0.0714. The highest BCUT2D eigenvalue weighted by atomic mass is 127. The van der Waals surface area contributed by atoms with Crippen molar-refractivity contribution in [2.24, 2.45) is 0 Å². The van der Waals surface area contributed by atoms with Crippen LogP contribution < -0.4 is 0 Å². The molecule has 3 rings (SSSR count). The van der Waals surface area contributed by atoms with Crippen molar-refractivity contribution in [2.75, 3.05) is 0 Å². The largest absolute Gasteiger partial charge is 0.306 e. The average molecular weight is 336 g/mol. The van der Waals surface area contributed by atoms with Gasteiger partial charge in [-0.15, -0.1) is 24.0 Å². The van der Waals surface area contributed by atoms with E-state index in [4.69, 9.17) is 0 Å². The van der Waals surface area contributed by atoms with Crippen LogP contribution in [0.5, 0.6) is 0 Å². The second-order valence-electron chi connectivity index (χ2n) is 3.96. The third-order valence-corrected chi connectivity index (χ3v) is 2.69. The molecule has 0 atom stereocenters. The second-order valence-corrected chi connectivity index (χ2v) is 3.96. The molecular formula is C14H13IN2. The Morgan fingerprint density at radius 3 is 2.59 bits per heavy atom. The molecule has 0 aliphatic rings. The summed E-state index contributed by atoms with van der Waals surface area (Å²) in [5.74, 6) is 0. The minimum absolute atomic E-state index is 0. The molecule has 0 saturated heterocycles. The summed E-state index contributed by atoms with van der Waals surface area (Å²) in [4.78, 5) is 4.61. The lowest BCUT2D eigenvalue weighted by atomic mass is 10.2. The smallest absolute Gasteiger partial charge is 0.137 e. The number of pyridine rings is 1. The number of hydrogen-bond donors (Lipinski definition) is 0. The Bertz CT molecular complexity index is 629. The minimum Gasteiger partial charge on any atom is -0.306 e. The van der Waals surface area contributed by atoms with E-state index in [2.05, 4.69) is 46.8 Å². The highest BCUT2D eigenvalue weighted by Crippen LogP contribution is 2.18. The summed E-state index contributed by atoms with van der Waals surface area (Å²) >= 11 is 0. The number of rotatable bonds is 1. The summed E-state index contributed by atoms with van der Waals surface area (Å²) in [6.07, 6.45) is 4.11. The molecule has 0 N–H and O–H groups in total. The van der Waals surface area contributed by atoms with E-state index in [1.54, 1.807) is 0 Å². The van der Waals surface area contributed by atoms with Gasteiger partial charge in [-0.25, -0.2) is 4.98 Å². The molecule has 0 fully saturated rings. The molecular weight excluding hydrogens is 323 g/mol. The van der Waals surface area contributed by atoms with Crippen LogP contribution in [0.25, 0.3) is 16.9 Å². The number of halogens is 1. The first-order valence-corrected chi connectivity index (χ1v) is 5.34. The Morgan fingerprint density at radius 1 is 1.06 bits per heavy atom. The lowest BCUT2D eigenvalue weighted by Crippen LogP contribution is -1.81. The van der Waals surface area contributed by atoms with Gasteiger partial charge in [0.2, 0.25) is 0 Å². The standard InChI is InChI=1S/C14H12N2.HI/c1-11-7-8-16-10-13(15-14(16)9-11)12-5-3-2-4-6-12;/h2-10H,1H3;1H. The topological polar surface area (TPSA) is 17.3 Å². The van der Waals surface area contributed by atoms with E-state index >= 15 is 0 Å². The number of aromatic nitrogens is 2. The fourth-order valence-electron chi connectivity index (χ4n) is 1.83. The minimum atomic E-state index is 0. The summed E-state index contributed by atoms with van der Waals surface area (Å²) in [5.41, 5.74) is 4.41. The van der Waals surface area contributed by atoms with Crippen molar-refractivity contribution in [3.8, 4) is 11.3 Å². The number of benzene rings is 1. The maximum Gasteiger partial charge on any atom is 0.137 e. The van der Waals surface area contributed by atoms with Gasteiger partial charge in [0.15, 0.2) is 0 Å². The van der Waals surface area contributed by atoms with Crippen LogP contribution >= 0.6 is 24.0 Å². The van der Waals surface area contributed by atoms with Crippen LogP contribution in [0.4, 0.5) is 0 Å². The van der Waals surface area contributed by atoms with Gasteiger partial charge in [-0.3, -0.25) is 0 Å². The van der Waals surface area contributed by atoms with Gasteiger partial charge in [-0.1, -0.05) is 30.3 Å². The van der Waals surface area contributed by atoms with Gasteiger partial charge in [0, 0.05) is 18.0 Å². The van der Waals surface area contributed by atoms with Crippen molar-refractivity contribution in [1.29, 1.82) is 0 Å². The Morgan fingerprint density at radius 2 is 1.82 bits per heavy atom. The SMILES string of the molecule is Cc1ccn2cc(-c3ccccc3)nc2c1.I. The van der Waals surface area contributed by atoms with Crippen LogP contribution in [0.1, 0.15) is 5.56 Å². The molecule has 0 unspecified atom stereocenters. The molecule has 0 amide bonds. The van der Waals surface area contributed by atoms with Gasteiger partial charge in [-0.05, 0) is 24.6 Å². The van der Waals surface area contributed by atoms with Gasteiger partial charge in [0.05, 0.1) is 5.69 Å². The maximum atomic E-state index is 4.61. The zero-order valence-corrected chi connectivity index (χ0v) is 11.8. The van der Waals surface area contributed by atoms with Gasteiger partial charge >= 0.3 is 0 Å². The third-order valence-electron chi connectivity index (χ3n) is 2.69.